The molecule has 2 N–H and O–H groups in total. The third-order valence-electron chi connectivity index (χ3n) is 4.64. The van der Waals surface area contributed by atoms with Gasteiger partial charge in [-0.1, -0.05) is 0 Å². The Morgan fingerprint density at radius 2 is 2.26 bits per heavy atom. The molecule has 0 aliphatic carbocycles. The van der Waals surface area contributed by atoms with Gasteiger partial charge >= 0.3 is 0 Å². The van der Waals surface area contributed by atoms with Crippen LogP contribution in [0.5, 0.6) is 0 Å². The van der Waals surface area contributed by atoms with Crippen molar-refractivity contribution in [1.82, 2.24) is 15.3 Å². The molecule has 2 aliphatic rings. The normalized spacial score (nSPS) is 25.5. The SMILES string of the molecule is O=C(CC1CCOCC1)NC[C@]1(O)CCN(c2cnccn2)C1. The number of amides is 1. The fourth-order valence-electron chi connectivity index (χ4n) is 3.20. The Hall–Kier alpha value is -1.73. The van der Waals surface area contributed by atoms with Crippen LogP contribution in [-0.2, 0) is 9.53 Å². The number of hydrogen-bond acceptors (Lipinski definition) is 6. The van der Waals surface area contributed by atoms with Crippen LogP contribution in [0.4, 0.5) is 5.82 Å². The van der Waals surface area contributed by atoms with E-state index in [4.69, 9.17) is 4.74 Å². The maximum absolute atomic E-state index is 12.1. The maximum Gasteiger partial charge on any atom is 0.220 e. The van der Waals surface area contributed by atoms with Gasteiger partial charge in [0.25, 0.3) is 0 Å². The standard InChI is InChI=1S/C16H24N4O3/c21-15(9-13-1-7-23-8-2-13)19-11-16(22)3-6-20(12-16)14-10-17-4-5-18-14/h4-5,10,13,22H,1-3,6-9,11-12H2,(H,19,21)/t16-/m1/s1. The molecule has 0 unspecified atom stereocenters. The molecule has 0 spiro atoms. The molecule has 3 rings (SSSR count). The van der Waals surface area contributed by atoms with E-state index in [1.165, 1.54) is 0 Å². The first-order valence-electron chi connectivity index (χ1n) is 8.22. The highest BCUT2D eigenvalue weighted by Gasteiger charge is 2.37. The largest absolute Gasteiger partial charge is 0.386 e. The molecule has 7 nitrogen and oxygen atoms in total. The van der Waals surface area contributed by atoms with Gasteiger partial charge in [0.05, 0.1) is 6.20 Å². The second-order valence-electron chi connectivity index (χ2n) is 6.50. The van der Waals surface area contributed by atoms with Crippen molar-refractivity contribution in [1.29, 1.82) is 0 Å². The van der Waals surface area contributed by atoms with Gasteiger partial charge in [-0.3, -0.25) is 9.78 Å². The number of carbonyl (C=O) groups is 1. The molecule has 2 saturated heterocycles. The predicted octanol–water partition coefficient (Wildman–Crippen LogP) is 0.351. The highest BCUT2D eigenvalue weighted by molar-refractivity contribution is 5.76. The predicted molar refractivity (Wildman–Crippen MR) is 85.0 cm³/mol. The minimum atomic E-state index is -0.900. The zero-order valence-corrected chi connectivity index (χ0v) is 13.3. The van der Waals surface area contributed by atoms with Crippen molar-refractivity contribution >= 4 is 11.7 Å². The first kappa shape index (κ1) is 16.1. The Kier molecular flexibility index (Phi) is 5.07. The Morgan fingerprint density at radius 1 is 1.43 bits per heavy atom. The highest BCUT2D eigenvalue weighted by atomic mass is 16.5. The number of rotatable bonds is 5. The highest BCUT2D eigenvalue weighted by Crippen LogP contribution is 2.24. The van der Waals surface area contributed by atoms with Gasteiger partial charge in [0.2, 0.25) is 5.91 Å². The minimum absolute atomic E-state index is 0.0169. The van der Waals surface area contributed by atoms with Crippen molar-refractivity contribution in [2.45, 2.75) is 31.3 Å². The van der Waals surface area contributed by atoms with Crippen molar-refractivity contribution in [2.24, 2.45) is 5.92 Å². The summed E-state index contributed by atoms with van der Waals surface area (Å²) < 4.78 is 5.30. The summed E-state index contributed by atoms with van der Waals surface area (Å²) in [6, 6.07) is 0. The summed E-state index contributed by atoms with van der Waals surface area (Å²) in [7, 11) is 0. The van der Waals surface area contributed by atoms with E-state index in [0.717, 1.165) is 31.9 Å². The monoisotopic (exact) mass is 320 g/mol. The van der Waals surface area contributed by atoms with E-state index < -0.39 is 5.60 Å². The molecule has 1 amide bonds. The zero-order valence-electron chi connectivity index (χ0n) is 13.3. The van der Waals surface area contributed by atoms with Crippen LogP contribution in [0.3, 0.4) is 0 Å². The van der Waals surface area contributed by atoms with Gasteiger partial charge in [-0.15, -0.1) is 0 Å². The van der Waals surface area contributed by atoms with E-state index in [2.05, 4.69) is 15.3 Å². The third kappa shape index (κ3) is 4.39. The summed E-state index contributed by atoms with van der Waals surface area (Å²) >= 11 is 0. The lowest BCUT2D eigenvalue weighted by atomic mass is 9.96. The molecule has 0 saturated carbocycles. The number of hydrogen-bond donors (Lipinski definition) is 2. The zero-order chi connectivity index (χ0) is 16.1. The molecule has 0 bridgehead atoms. The molecule has 0 radical (unpaired) electrons. The van der Waals surface area contributed by atoms with Gasteiger partial charge in [-0.2, -0.15) is 0 Å². The second kappa shape index (κ2) is 7.23. The van der Waals surface area contributed by atoms with Crippen LogP contribution in [0.1, 0.15) is 25.7 Å². The van der Waals surface area contributed by atoms with Crippen molar-refractivity contribution in [3.05, 3.63) is 18.6 Å². The minimum Gasteiger partial charge on any atom is -0.386 e. The molecule has 23 heavy (non-hydrogen) atoms. The Bertz CT molecular complexity index is 521. The average molecular weight is 320 g/mol. The van der Waals surface area contributed by atoms with E-state index in [0.29, 0.717) is 31.8 Å². The summed E-state index contributed by atoms with van der Waals surface area (Å²) in [4.78, 5) is 22.4. The van der Waals surface area contributed by atoms with E-state index in [1.807, 2.05) is 4.90 Å². The topological polar surface area (TPSA) is 87.6 Å². The summed E-state index contributed by atoms with van der Waals surface area (Å²) in [5.41, 5.74) is -0.900. The van der Waals surface area contributed by atoms with E-state index in [1.54, 1.807) is 18.6 Å². The molecule has 1 atom stereocenters. The van der Waals surface area contributed by atoms with Gasteiger partial charge in [0.15, 0.2) is 0 Å². The lowest BCUT2D eigenvalue weighted by molar-refractivity contribution is -0.123. The van der Waals surface area contributed by atoms with Crippen LogP contribution in [0.15, 0.2) is 18.6 Å². The van der Waals surface area contributed by atoms with E-state index in [9.17, 15) is 9.90 Å². The number of nitrogens with one attached hydrogen (secondary N) is 1. The second-order valence-corrected chi connectivity index (χ2v) is 6.50. The van der Waals surface area contributed by atoms with E-state index >= 15 is 0 Å². The number of β-amino-alcohol motifs (C(OH)–C–C–N with tert-alkyl or cyclic N) is 1. The van der Waals surface area contributed by atoms with Crippen molar-refractivity contribution < 1.29 is 14.6 Å². The molecule has 1 aromatic heterocycles. The molecule has 1 aromatic rings. The van der Waals surface area contributed by atoms with Crippen molar-refractivity contribution in [2.75, 3.05) is 37.7 Å². The molecule has 0 aromatic carbocycles. The van der Waals surface area contributed by atoms with Gasteiger partial charge in [0, 0.05) is 51.7 Å². The first-order chi connectivity index (χ1) is 11.1. The molecule has 7 heteroatoms. The lowest BCUT2D eigenvalue weighted by Gasteiger charge is -2.25. The Labute approximate surface area is 136 Å². The fraction of sp³-hybridized carbons (Fsp3) is 0.688. The molecule has 2 fully saturated rings. The molecular formula is C16H24N4O3. The molecule has 2 aliphatic heterocycles. The number of anilines is 1. The van der Waals surface area contributed by atoms with Crippen molar-refractivity contribution in [3.8, 4) is 0 Å². The number of aliphatic hydroxyl groups is 1. The van der Waals surface area contributed by atoms with Crippen molar-refractivity contribution in [3.63, 3.8) is 0 Å². The summed E-state index contributed by atoms with van der Waals surface area (Å²) in [5, 5.41) is 13.5. The summed E-state index contributed by atoms with van der Waals surface area (Å²) in [6.07, 6.45) is 7.98. The van der Waals surface area contributed by atoms with Crippen LogP contribution >= 0.6 is 0 Å². The van der Waals surface area contributed by atoms with Gasteiger partial charge in [-0.25, -0.2) is 4.98 Å². The maximum atomic E-state index is 12.1. The quantitative estimate of drug-likeness (QED) is 0.814. The average Bonchev–Trinajstić information content (AvgIpc) is 2.98. The third-order valence-corrected chi connectivity index (χ3v) is 4.64. The number of carbonyl (C=O) groups excluding carboxylic acids is 1. The van der Waals surface area contributed by atoms with Crippen LogP contribution in [0, 0.1) is 5.92 Å². The van der Waals surface area contributed by atoms with E-state index in [-0.39, 0.29) is 12.5 Å². The Morgan fingerprint density at radius 3 is 3.00 bits per heavy atom. The Balaban J connectivity index is 1.45. The first-order valence-corrected chi connectivity index (χ1v) is 8.22. The summed E-state index contributed by atoms with van der Waals surface area (Å²) in [5.74, 6) is 1.18. The summed E-state index contributed by atoms with van der Waals surface area (Å²) in [6.45, 7) is 2.95. The number of nitrogens with zero attached hydrogens (tertiary/aromatic N) is 3. The molecule has 3 heterocycles. The van der Waals surface area contributed by atoms with Crippen LogP contribution in [0.25, 0.3) is 0 Å². The van der Waals surface area contributed by atoms with Crippen LogP contribution in [0.2, 0.25) is 0 Å². The molecular weight excluding hydrogens is 296 g/mol. The number of ether oxygens (including phenoxy) is 1. The fourth-order valence-corrected chi connectivity index (χ4v) is 3.20. The van der Waals surface area contributed by atoms with Crippen LogP contribution in [-0.4, -0.2) is 59.4 Å². The number of aromatic nitrogens is 2. The van der Waals surface area contributed by atoms with Crippen LogP contribution < -0.4 is 10.2 Å². The molecule has 126 valence electrons. The van der Waals surface area contributed by atoms with Gasteiger partial charge in [-0.05, 0) is 25.2 Å². The van der Waals surface area contributed by atoms with Gasteiger partial charge < -0.3 is 20.1 Å². The smallest absolute Gasteiger partial charge is 0.220 e. The van der Waals surface area contributed by atoms with Gasteiger partial charge in [0.1, 0.15) is 11.4 Å². The lowest BCUT2D eigenvalue weighted by Crippen LogP contribution is -2.45.